The Kier molecular flexibility index (Phi) is 3.97. The van der Waals surface area contributed by atoms with Crippen LogP contribution in [0.4, 0.5) is 10.1 Å². The number of pyridine rings is 2. The first kappa shape index (κ1) is 13.7. The molecule has 0 radical (unpaired) electrons. The molecule has 0 spiro atoms. The van der Waals surface area contributed by atoms with Gasteiger partial charge >= 0.3 is 0 Å². The third kappa shape index (κ3) is 3.00. The van der Waals surface area contributed by atoms with Crippen molar-refractivity contribution in [3.63, 3.8) is 0 Å². The second kappa shape index (κ2) is 5.50. The summed E-state index contributed by atoms with van der Waals surface area (Å²) in [5, 5.41) is 2.60. The summed E-state index contributed by atoms with van der Waals surface area (Å²) >= 11 is 11.6. The van der Waals surface area contributed by atoms with Gasteiger partial charge in [0.15, 0.2) is 5.15 Å². The number of hydrogen-bond acceptors (Lipinski definition) is 3. The Morgan fingerprint density at radius 3 is 2.74 bits per heavy atom. The average Bonchev–Trinajstić information content (AvgIpc) is 2.37. The Morgan fingerprint density at radius 1 is 1.32 bits per heavy atom. The van der Waals surface area contributed by atoms with Crippen molar-refractivity contribution in [1.82, 2.24) is 9.97 Å². The standard InChI is InChI=1S/C12H8Cl2FN3O/c1-6-2-3-16-11(14)9(6)18-12(19)8-4-7(15)5-17-10(8)13/h2-5H,1H3,(H,18,19). The van der Waals surface area contributed by atoms with Gasteiger partial charge in [-0.1, -0.05) is 23.2 Å². The van der Waals surface area contributed by atoms with Gasteiger partial charge in [0.1, 0.15) is 11.0 Å². The molecule has 2 aromatic rings. The van der Waals surface area contributed by atoms with Gasteiger partial charge < -0.3 is 5.32 Å². The van der Waals surface area contributed by atoms with Crippen LogP contribution in [0.5, 0.6) is 0 Å². The highest BCUT2D eigenvalue weighted by atomic mass is 35.5. The summed E-state index contributed by atoms with van der Waals surface area (Å²) < 4.78 is 13.1. The first-order valence-corrected chi connectivity index (χ1v) is 5.98. The molecule has 0 atom stereocenters. The molecule has 0 saturated carbocycles. The maximum Gasteiger partial charge on any atom is 0.258 e. The van der Waals surface area contributed by atoms with Crippen LogP contribution in [0.3, 0.4) is 0 Å². The van der Waals surface area contributed by atoms with Crippen molar-refractivity contribution in [2.24, 2.45) is 0 Å². The number of aromatic nitrogens is 2. The molecule has 0 bridgehead atoms. The second-order valence-electron chi connectivity index (χ2n) is 3.74. The van der Waals surface area contributed by atoms with Crippen molar-refractivity contribution in [3.05, 3.63) is 51.8 Å². The third-order valence-corrected chi connectivity index (χ3v) is 2.99. The molecule has 2 aromatic heterocycles. The first-order valence-electron chi connectivity index (χ1n) is 5.22. The summed E-state index contributed by atoms with van der Waals surface area (Å²) in [6.45, 7) is 1.76. The Morgan fingerprint density at radius 2 is 2.05 bits per heavy atom. The molecule has 0 aliphatic carbocycles. The van der Waals surface area contributed by atoms with E-state index in [4.69, 9.17) is 23.2 Å². The van der Waals surface area contributed by atoms with E-state index in [1.165, 1.54) is 6.20 Å². The van der Waals surface area contributed by atoms with Crippen LogP contribution in [0.1, 0.15) is 15.9 Å². The van der Waals surface area contributed by atoms with Crippen molar-refractivity contribution < 1.29 is 9.18 Å². The van der Waals surface area contributed by atoms with E-state index in [1.807, 2.05) is 0 Å². The average molecular weight is 300 g/mol. The monoisotopic (exact) mass is 299 g/mol. The predicted octanol–water partition coefficient (Wildman–Crippen LogP) is 3.48. The van der Waals surface area contributed by atoms with Crippen LogP contribution in [-0.4, -0.2) is 15.9 Å². The topological polar surface area (TPSA) is 54.9 Å². The Hall–Kier alpha value is -1.72. The zero-order chi connectivity index (χ0) is 14.0. The summed E-state index contributed by atoms with van der Waals surface area (Å²) in [4.78, 5) is 19.4. The van der Waals surface area contributed by atoms with Gasteiger partial charge in [-0.15, -0.1) is 0 Å². The number of anilines is 1. The molecule has 0 saturated heterocycles. The third-order valence-electron chi connectivity index (χ3n) is 2.40. The van der Waals surface area contributed by atoms with E-state index in [1.54, 1.807) is 13.0 Å². The molecular formula is C12H8Cl2FN3O. The van der Waals surface area contributed by atoms with E-state index in [0.29, 0.717) is 5.69 Å². The van der Waals surface area contributed by atoms with Gasteiger partial charge in [-0.05, 0) is 24.6 Å². The molecule has 0 aromatic carbocycles. The number of amides is 1. The molecule has 2 rings (SSSR count). The van der Waals surface area contributed by atoms with Crippen molar-refractivity contribution >= 4 is 34.8 Å². The number of aryl methyl sites for hydroxylation is 1. The summed E-state index contributed by atoms with van der Waals surface area (Å²) in [6, 6.07) is 2.69. The summed E-state index contributed by atoms with van der Waals surface area (Å²) in [6.07, 6.45) is 2.45. The number of hydrogen-bond donors (Lipinski definition) is 1. The lowest BCUT2D eigenvalue weighted by Gasteiger charge is -2.10. The number of nitrogens with zero attached hydrogens (tertiary/aromatic N) is 2. The van der Waals surface area contributed by atoms with Crippen LogP contribution < -0.4 is 5.32 Å². The fraction of sp³-hybridized carbons (Fsp3) is 0.0833. The van der Waals surface area contributed by atoms with Gasteiger partial charge in [-0.25, -0.2) is 14.4 Å². The molecule has 98 valence electrons. The molecule has 0 unspecified atom stereocenters. The maximum absolute atomic E-state index is 13.1. The van der Waals surface area contributed by atoms with E-state index in [-0.39, 0.29) is 15.9 Å². The quantitative estimate of drug-likeness (QED) is 0.864. The van der Waals surface area contributed by atoms with Crippen LogP contribution in [0.15, 0.2) is 24.5 Å². The molecule has 1 amide bonds. The van der Waals surface area contributed by atoms with E-state index in [0.717, 1.165) is 17.8 Å². The lowest BCUT2D eigenvalue weighted by atomic mass is 10.2. The minimum Gasteiger partial charge on any atom is -0.319 e. The molecule has 19 heavy (non-hydrogen) atoms. The predicted molar refractivity (Wildman–Crippen MR) is 71.1 cm³/mol. The van der Waals surface area contributed by atoms with Crippen molar-refractivity contribution in [2.75, 3.05) is 5.32 Å². The van der Waals surface area contributed by atoms with Crippen LogP contribution in [0.25, 0.3) is 0 Å². The maximum atomic E-state index is 13.1. The van der Waals surface area contributed by atoms with Crippen LogP contribution in [0.2, 0.25) is 10.3 Å². The molecule has 1 N–H and O–H groups in total. The highest BCUT2D eigenvalue weighted by Gasteiger charge is 2.15. The number of halogens is 3. The van der Waals surface area contributed by atoms with Crippen molar-refractivity contribution in [3.8, 4) is 0 Å². The minimum atomic E-state index is -0.649. The highest BCUT2D eigenvalue weighted by molar-refractivity contribution is 6.34. The second-order valence-corrected chi connectivity index (χ2v) is 4.46. The van der Waals surface area contributed by atoms with Gasteiger partial charge in [-0.2, -0.15) is 0 Å². The number of carbonyl (C=O) groups is 1. The van der Waals surface area contributed by atoms with E-state index < -0.39 is 11.7 Å². The number of rotatable bonds is 2. The van der Waals surface area contributed by atoms with Gasteiger partial charge in [0.05, 0.1) is 17.4 Å². The molecule has 4 nitrogen and oxygen atoms in total. The van der Waals surface area contributed by atoms with E-state index in [2.05, 4.69) is 15.3 Å². The lowest BCUT2D eigenvalue weighted by Crippen LogP contribution is -2.15. The SMILES string of the molecule is Cc1ccnc(Cl)c1NC(=O)c1cc(F)cnc1Cl. The smallest absolute Gasteiger partial charge is 0.258 e. The van der Waals surface area contributed by atoms with Crippen LogP contribution in [0, 0.1) is 12.7 Å². The van der Waals surface area contributed by atoms with Gasteiger partial charge in [0.25, 0.3) is 5.91 Å². The zero-order valence-electron chi connectivity index (χ0n) is 9.75. The number of nitrogens with one attached hydrogen (secondary N) is 1. The highest BCUT2D eigenvalue weighted by Crippen LogP contribution is 2.24. The van der Waals surface area contributed by atoms with Crippen LogP contribution in [-0.2, 0) is 0 Å². The number of carbonyl (C=O) groups excluding carboxylic acids is 1. The van der Waals surface area contributed by atoms with E-state index >= 15 is 0 Å². The normalized spacial score (nSPS) is 10.3. The van der Waals surface area contributed by atoms with Crippen LogP contribution >= 0.6 is 23.2 Å². The Labute approximate surface area is 118 Å². The van der Waals surface area contributed by atoms with Gasteiger partial charge in [0.2, 0.25) is 0 Å². The largest absolute Gasteiger partial charge is 0.319 e. The molecular weight excluding hydrogens is 292 g/mol. The summed E-state index contributed by atoms with van der Waals surface area (Å²) in [7, 11) is 0. The van der Waals surface area contributed by atoms with Gasteiger partial charge in [0, 0.05) is 6.20 Å². The molecule has 0 aliphatic rings. The molecule has 0 aliphatic heterocycles. The van der Waals surface area contributed by atoms with Gasteiger partial charge in [-0.3, -0.25) is 4.79 Å². The summed E-state index contributed by atoms with van der Waals surface area (Å²) in [5.41, 5.74) is 1.02. The Balaban J connectivity index is 2.34. The Bertz CT molecular complexity index is 629. The molecule has 7 heteroatoms. The molecule has 0 fully saturated rings. The minimum absolute atomic E-state index is 0.0685. The summed E-state index contributed by atoms with van der Waals surface area (Å²) in [5.74, 6) is -1.25. The zero-order valence-corrected chi connectivity index (χ0v) is 11.3. The molecule has 2 heterocycles. The lowest BCUT2D eigenvalue weighted by molar-refractivity contribution is 0.102. The van der Waals surface area contributed by atoms with Crippen molar-refractivity contribution in [2.45, 2.75) is 6.92 Å². The fourth-order valence-electron chi connectivity index (χ4n) is 1.44. The first-order chi connectivity index (χ1) is 8.99. The van der Waals surface area contributed by atoms with E-state index in [9.17, 15) is 9.18 Å². The van der Waals surface area contributed by atoms with Crippen molar-refractivity contribution in [1.29, 1.82) is 0 Å². The fourth-order valence-corrected chi connectivity index (χ4v) is 1.88.